The highest BCUT2D eigenvalue weighted by Gasteiger charge is 2.29. The number of rotatable bonds is 10. The molecule has 2 aromatic rings. The van der Waals surface area contributed by atoms with Gasteiger partial charge >= 0.3 is 0 Å². The van der Waals surface area contributed by atoms with Crippen molar-refractivity contribution >= 4 is 0 Å². The lowest BCUT2D eigenvalue weighted by atomic mass is 9.78. The Kier molecular flexibility index (Phi) is 7.51. The Morgan fingerprint density at radius 2 is 2.00 bits per heavy atom. The lowest BCUT2D eigenvalue weighted by Gasteiger charge is -2.31. The minimum absolute atomic E-state index is 0.499. The summed E-state index contributed by atoms with van der Waals surface area (Å²) < 4.78 is 18.7. The Bertz CT molecular complexity index is 672. The number of methoxy groups -OCH3 is 1. The van der Waals surface area contributed by atoms with E-state index >= 15 is 0 Å². The summed E-state index contributed by atoms with van der Waals surface area (Å²) in [5.41, 5.74) is 1.37. The van der Waals surface area contributed by atoms with Crippen LogP contribution in [0.2, 0.25) is 0 Å². The van der Waals surface area contributed by atoms with Gasteiger partial charge in [0.25, 0.3) is 0 Å². The first-order valence-corrected chi connectivity index (χ1v) is 10.0. The van der Waals surface area contributed by atoms with Gasteiger partial charge in [0.15, 0.2) is 0 Å². The summed E-state index contributed by atoms with van der Waals surface area (Å²) in [6.45, 7) is 4.95. The van der Waals surface area contributed by atoms with E-state index in [1.807, 2.05) is 18.3 Å². The highest BCUT2D eigenvalue weighted by atomic mass is 16.5. The van der Waals surface area contributed by atoms with Gasteiger partial charge in [0, 0.05) is 43.4 Å². The molecule has 0 saturated heterocycles. The number of hydrogen-bond donors (Lipinski definition) is 0. The quantitative estimate of drug-likeness (QED) is 0.588. The summed E-state index contributed by atoms with van der Waals surface area (Å²) >= 11 is 0. The topological polar surface area (TPSA) is 58.4 Å². The van der Waals surface area contributed by atoms with Gasteiger partial charge in [-0.2, -0.15) is 5.10 Å². The Morgan fingerprint density at radius 1 is 1.11 bits per heavy atom. The smallest absolute Gasteiger partial charge is 0.213 e. The van der Waals surface area contributed by atoms with Gasteiger partial charge in [-0.15, -0.1) is 0 Å². The lowest BCUT2D eigenvalue weighted by molar-refractivity contribution is 0.143. The van der Waals surface area contributed by atoms with Crippen LogP contribution in [0.4, 0.5) is 0 Å². The maximum absolute atomic E-state index is 6.08. The van der Waals surface area contributed by atoms with Gasteiger partial charge < -0.3 is 14.2 Å². The predicted octanol–water partition coefficient (Wildman–Crippen LogP) is 4.07. The molecule has 148 valence electrons. The second-order valence-corrected chi connectivity index (χ2v) is 7.11. The number of nitrogens with zero attached hydrogens (tertiary/aromatic N) is 3. The van der Waals surface area contributed by atoms with E-state index in [0.717, 1.165) is 18.7 Å². The fourth-order valence-electron chi connectivity index (χ4n) is 3.82. The van der Waals surface area contributed by atoms with Gasteiger partial charge in [-0.1, -0.05) is 19.8 Å². The van der Waals surface area contributed by atoms with Crippen molar-refractivity contribution < 1.29 is 14.2 Å². The third-order valence-corrected chi connectivity index (χ3v) is 5.18. The summed E-state index contributed by atoms with van der Waals surface area (Å²) in [6.07, 6.45) is 9.75. The van der Waals surface area contributed by atoms with Crippen molar-refractivity contribution in [3.63, 3.8) is 0 Å². The molecule has 0 radical (unpaired) electrons. The Balaban J connectivity index is 1.57. The molecule has 2 atom stereocenters. The van der Waals surface area contributed by atoms with Crippen LogP contribution in [-0.4, -0.2) is 41.7 Å². The van der Waals surface area contributed by atoms with Crippen molar-refractivity contribution in [3.05, 3.63) is 36.3 Å². The van der Waals surface area contributed by atoms with Crippen molar-refractivity contribution in [2.45, 2.75) is 51.5 Å². The minimum Gasteiger partial charge on any atom is -0.492 e. The van der Waals surface area contributed by atoms with Crippen LogP contribution < -0.4 is 9.47 Å². The summed E-state index contributed by atoms with van der Waals surface area (Å²) in [5.74, 6) is 2.43. The van der Waals surface area contributed by atoms with Crippen LogP contribution in [0, 0.1) is 5.92 Å². The van der Waals surface area contributed by atoms with Gasteiger partial charge in [0.05, 0.1) is 19.4 Å². The molecule has 6 heteroatoms. The van der Waals surface area contributed by atoms with Crippen molar-refractivity contribution in [1.29, 1.82) is 0 Å². The molecule has 2 heterocycles. The van der Waals surface area contributed by atoms with E-state index in [9.17, 15) is 0 Å². The number of aromatic nitrogens is 3. The Morgan fingerprint density at radius 3 is 2.78 bits per heavy atom. The summed E-state index contributed by atoms with van der Waals surface area (Å²) in [5, 5.41) is 4.52. The van der Waals surface area contributed by atoms with E-state index < -0.39 is 0 Å². The molecular formula is C21H31N3O3. The standard InChI is InChI=1S/C21H31N3O3/c1-3-12-24-20(10-11-23-24)19-7-5-4-6-17(19)16-27-18-8-9-21(22-15-18)26-14-13-25-2/h8-11,15,17,19H,3-7,12-14,16H2,1-2H3. The maximum Gasteiger partial charge on any atom is 0.213 e. The molecule has 0 bridgehead atoms. The van der Waals surface area contributed by atoms with Gasteiger partial charge in [-0.3, -0.25) is 4.68 Å². The van der Waals surface area contributed by atoms with E-state index in [0.29, 0.717) is 37.5 Å². The molecule has 1 saturated carbocycles. The average Bonchev–Trinajstić information content (AvgIpc) is 3.16. The second-order valence-electron chi connectivity index (χ2n) is 7.11. The zero-order chi connectivity index (χ0) is 18.9. The lowest BCUT2D eigenvalue weighted by Crippen LogP contribution is -2.26. The van der Waals surface area contributed by atoms with Crippen LogP contribution in [0.3, 0.4) is 0 Å². The second kappa shape index (κ2) is 10.3. The molecule has 1 aliphatic rings. The van der Waals surface area contributed by atoms with Crippen molar-refractivity contribution in [3.8, 4) is 11.6 Å². The fourth-order valence-corrected chi connectivity index (χ4v) is 3.82. The molecule has 0 aliphatic heterocycles. The molecule has 0 N–H and O–H groups in total. The van der Waals surface area contributed by atoms with E-state index in [-0.39, 0.29) is 0 Å². The molecule has 1 aliphatic carbocycles. The molecule has 2 aromatic heterocycles. The van der Waals surface area contributed by atoms with Crippen LogP contribution in [0.1, 0.15) is 50.6 Å². The third kappa shape index (κ3) is 5.45. The van der Waals surface area contributed by atoms with Gasteiger partial charge in [0.2, 0.25) is 5.88 Å². The largest absolute Gasteiger partial charge is 0.492 e. The monoisotopic (exact) mass is 373 g/mol. The van der Waals surface area contributed by atoms with E-state index in [4.69, 9.17) is 14.2 Å². The van der Waals surface area contributed by atoms with Crippen LogP contribution in [-0.2, 0) is 11.3 Å². The van der Waals surface area contributed by atoms with Gasteiger partial charge in [0.1, 0.15) is 12.4 Å². The molecule has 1 fully saturated rings. The number of hydrogen-bond acceptors (Lipinski definition) is 5. The third-order valence-electron chi connectivity index (χ3n) is 5.18. The zero-order valence-corrected chi connectivity index (χ0v) is 16.5. The molecule has 0 aromatic carbocycles. The highest BCUT2D eigenvalue weighted by molar-refractivity contribution is 5.23. The first-order valence-electron chi connectivity index (χ1n) is 10.0. The van der Waals surface area contributed by atoms with E-state index in [1.165, 1.54) is 31.4 Å². The normalized spacial score (nSPS) is 19.8. The highest BCUT2D eigenvalue weighted by Crippen LogP contribution is 2.38. The first-order chi connectivity index (χ1) is 13.3. The van der Waals surface area contributed by atoms with Crippen LogP contribution in [0.5, 0.6) is 11.6 Å². The number of pyridine rings is 1. The van der Waals surface area contributed by atoms with Crippen molar-refractivity contribution in [1.82, 2.24) is 14.8 Å². The summed E-state index contributed by atoms with van der Waals surface area (Å²) in [6, 6.07) is 5.96. The molecule has 3 rings (SSSR count). The predicted molar refractivity (Wildman–Crippen MR) is 104 cm³/mol. The van der Waals surface area contributed by atoms with Crippen LogP contribution in [0.15, 0.2) is 30.6 Å². The average molecular weight is 373 g/mol. The number of ether oxygens (including phenoxy) is 3. The molecule has 6 nitrogen and oxygen atoms in total. The minimum atomic E-state index is 0.499. The van der Waals surface area contributed by atoms with Crippen molar-refractivity contribution in [2.75, 3.05) is 26.9 Å². The summed E-state index contributed by atoms with van der Waals surface area (Å²) in [4.78, 5) is 4.30. The number of aryl methyl sites for hydroxylation is 1. The molecular weight excluding hydrogens is 342 g/mol. The van der Waals surface area contributed by atoms with Gasteiger partial charge in [-0.05, 0) is 31.4 Å². The SMILES string of the molecule is CCCn1nccc1C1CCCCC1COc1ccc(OCCOC)nc1. The van der Waals surface area contributed by atoms with Crippen LogP contribution >= 0.6 is 0 Å². The Hall–Kier alpha value is -2.08. The van der Waals surface area contributed by atoms with Gasteiger partial charge in [-0.25, -0.2) is 4.98 Å². The molecule has 27 heavy (non-hydrogen) atoms. The maximum atomic E-state index is 6.08. The summed E-state index contributed by atoms with van der Waals surface area (Å²) in [7, 11) is 1.65. The molecule has 2 unspecified atom stereocenters. The fraction of sp³-hybridized carbons (Fsp3) is 0.619. The molecule has 0 spiro atoms. The van der Waals surface area contributed by atoms with E-state index in [2.05, 4.69) is 27.8 Å². The molecule has 0 amide bonds. The Labute approximate surface area is 161 Å². The zero-order valence-electron chi connectivity index (χ0n) is 16.5. The van der Waals surface area contributed by atoms with Crippen LogP contribution in [0.25, 0.3) is 0 Å². The van der Waals surface area contributed by atoms with Crippen molar-refractivity contribution in [2.24, 2.45) is 5.92 Å². The first kappa shape index (κ1) is 19.7. The van der Waals surface area contributed by atoms with E-state index in [1.54, 1.807) is 13.3 Å².